The number of anilines is 1. The smallest absolute Gasteiger partial charge is 0.490 e. The third-order valence-corrected chi connectivity index (χ3v) is 6.03. The Labute approximate surface area is 189 Å². The Morgan fingerprint density at radius 3 is 2.33 bits per heavy atom. The molecule has 0 saturated carbocycles. The number of piperidine rings is 1. The van der Waals surface area contributed by atoms with Crippen molar-refractivity contribution in [1.29, 1.82) is 0 Å². The SMILES string of the molecule is COc1cccc(CN2CCC3(CC2)CCN(c2ncc(F)cn2)C3)c1.O=C(O)C(F)(F)F. The van der Waals surface area contributed by atoms with Crippen LogP contribution >= 0.6 is 0 Å². The van der Waals surface area contributed by atoms with Crippen molar-refractivity contribution in [3.63, 3.8) is 0 Å². The van der Waals surface area contributed by atoms with Gasteiger partial charge >= 0.3 is 12.1 Å². The Balaban J connectivity index is 0.000000383. The summed E-state index contributed by atoms with van der Waals surface area (Å²) in [5.41, 5.74) is 1.65. The van der Waals surface area contributed by atoms with Crippen molar-refractivity contribution in [3.8, 4) is 5.75 Å². The van der Waals surface area contributed by atoms with E-state index >= 15 is 0 Å². The summed E-state index contributed by atoms with van der Waals surface area (Å²) in [6.07, 6.45) is 0.970. The van der Waals surface area contributed by atoms with Crippen LogP contribution in [0, 0.1) is 11.2 Å². The Hall–Kier alpha value is -2.95. The molecule has 2 fully saturated rings. The summed E-state index contributed by atoms with van der Waals surface area (Å²) in [4.78, 5) is 21.9. The number of halogens is 4. The molecule has 11 heteroatoms. The lowest BCUT2D eigenvalue weighted by Gasteiger charge is -2.39. The Bertz CT molecular complexity index is 932. The van der Waals surface area contributed by atoms with E-state index in [4.69, 9.17) is 14.6 Å². The number of carboxylic acids is 1. The molecule has 180 valence electrons. The molecule has 2 aliphatic heterocycles. The van der Waals surface area contributed by atoms with E-state index in [1.165, 1.54) is 37.2 Å². The molecule has 0 radical (unpaired) electrons. The molecule has 1 spiro atoms. The second kappa shape index (κ2) is 10.3. The maximum Gasteiger partial charge on any atom is 0.490 e. The normalized spacial score (nSPS) is 18.0. The van der Waals surface area contributed by atoms with Crippen LogP contribution in [0.25, 0.3) is 0 Å². The summed E-state index contributed by atoms with van der Waals surface area (Å²) in [5, 5.41) is 7.12. The summed E-state index contributed by atoms with van der Waals surface area (Å²) in [6.45, 7) is 5.12. The molecule has 2 aliphatic rings. The molecule has 7 nitrogen and oxygen atoms in total. The number of methoxy groups -OCH3 is 1. The molecule has 2 aromatic rings. The number of carboxylic acid groups (broad SMARTS) is 1. The molecule has 2 saturated heterocycles. The number of hydrogen-bond acceptors (Lipinski definition) is 6. The van der Waals surface area contributed by atoms with Crippen molar-refractivity contribution in [1.82, 2.24) is 14.9 Å². The van der Waals surface area contributed by atoms with E-state index in [0.29, 0.717) is 11.4 Å². The number of aromatic nitrogens is 2. The Kier molecular flexibility index (Phi) is 7.72. The van der Waals surface area contributed by atoms with Gasteiger partial charge in [-0.2, -0.15) is 13.2 Å². The maximum atomic E-state index is 13.0. The number of likely N-dealkylation sites (tertiary alicyclic amines) is 1. The average Bonchev–Trinajstić information content (AvgIpc) is 3.19. The fourth-order valence-electron chi connectivity index (χ4n) is 4.20. The van der Waals surface area contributed by atoms with Crippen LogP contribution in [0.5, 0.6) is 5.75 Å². The molecule has 0 amide bonds. The molecule has 1 N–H and O–H groups in total. The number of aliphatic carboxylic acids is 1. The van der Waals surface area contributed by atoms with Crippen LogP contribution in [0.1, 0.15) is 24.8 Å². The number of carbonyl (C=O) groups is 1. The van der Waals surface area contributed by atoms with Crippen LogP contribution in [0.4, 0.5) is 23.5 Å². The number of benzene rings is 1. The largest absolute Gasteiger partial charge is 0.497 e. The lowest BCUT2D eigenvalue weighted by atomic mass is 9.77. The summed E-state index contributed by atoms with van der Waals surface area (Å²) in [6, 6.07) is 8.32. The van der Waals surface area contributed by atoms with Crippen molar-refractivity contribution in [2.24, 2.45) is 5.41 Å². The molecular formula is C22H26F4N4O3. The van der Waals surface area contributed by atoms with Crippen LogP contribution in [0.15, 0.2) is 36.7 Å². The first-order valence-electron chi connectivity index (χ1n) is 10.5. The van der Waals surface area contributed by atoms with E-state index in [1.807, 2.05) is 6.07 Å². The van der Waals surface area contributed by atoms with E-state index in [2.05, 4.69) is 38.0 Å². The number of alkyl halides is 3. The summed E-state index contributed by atoms with van der Waals surface area (Å²) in [7, 11) is 1.71. The molecule has 33 heavy (non-hydrogen) atoms. The Morgan fingerprint density at radius 2 is 1.76 bits per heavy atom. The van der Waals surface area contributed by atoms with Gasteiger partial charge in [0.05, 0.1) is 19.5 Å². The van der Waals surface area contributed by atoms with Crippen LogP contribution in [-0.2, 0) is 11.3 Å². The zero-order chi connectivity index (χ0) is 24.1. The predicted octanol–water partition coefficient (Wildman–Crippen LogP) is 3.75. The number of ether oxygens (including phenoxy) is 1. The molecule has 0 unspecified atom stereocenters. The number of hydrogen-bond donors (Lipinski definition) is 1. The second-order valence-corrected chi connectivity index (χ2v) is 8.30. The predicted molar refractivity (Wildman–Crippen MR) is 112 cm³/mol. The summed E-state index contributed by atoms with van der Waals surface area (Å²) < 4.78 is 50.1. The quantitative estimate of drug-likeness (QED) is 0.682. The van der Waals surface area contributed by atoms with Crippen molar-refractivity contribution < 1.29 is 32.2 Å². The monoisotopic (exact) mass is 470 g/mol. The lowest BCUT2D eigenvalue weighted by molar-refractivity contribution is -0.192. The van der Waals surface area contributed by atoms with Gasteiger partial charge in [0.15, 0.2) is 5.82 Å². The first-order valence-corrected chi connectivity index (χ1v) is 10.5. The molecule has 1 aromatic carbocycles. The van der Waals surface area contributed by atoms with Crippen molar-refractivity contribution in [2.75, 3.05) is 38.2 Å². The highest BCUT2D eigenvalue weighted by molar-refractivity contribution is 5.73. The van der Waals surface area contributed by atoms with E-state index < -0.39 is 12.1 Å². The zero-order valence-corrected chi connectivity index (χ0v) is 18.2. The molecule has 0 bridgehead atoms. The van der Waals surface area contributed by atoms with Gasteiger partial charge in [0.25, 0.3) is 0 Å². The van der Waals surface area contributed by atoms with Gasteiger partial charge in [0.1, 0.15) is 5.75 Å². The third-order valence-electron chi connectivity index (χ3n) is 6.03. The van der Waals surface area contributed by atoms with Crippen LogP contribution in [0.3, 0.4) is 0 Å². The minimum atomic E-state index is -5.08. The molecule has 1 aromatic heterocycles. The van der Waals surface area contributed by atoms with Gasteiger partial charge in [-0.3, -0.25) is 4.90 Å². The van der Waals surface area contributed by atoms with Crippen LogP contribution in [-0.4, -0.2) is 65.4 Å². The van der Waals surface area contributed by atoms with Gasteiger partial charge < -0.3 is 14.7 Å². The molecule has 0 aliphatic carbocycles. The molecule has 0 atom stereocenters. The summed E-state index contributed by atoms with van der Waals surface area (Å²) >= 11 is 0. The van der Waals surface area contributed by atoms with E-state index in [0.717, 1.165) is 38.5 Å². The zero-order valence-electron chi connectivity index (χ0n) is 18.2. The fourth-order valence-corrected chi connectivity index (χ4v) is 4.20. The minimum absolute atomic E-state index is 0.350. The van der Waals surface area contributed by atoms with Gasteiger partial charge in [-0.1, -0.05) is 12.1 Å². The van der Waals surface area contributed by atoms with E-state index in [-0.39, 0.29) is 5.82 Å². The van der Waals surface area contributed by atoms with Crippen molar-refractivity contribution in [2.45, 2.75) is 32.0 Å². The van der Waals surface area contributed by atoms with Gasteiger partial charge in [0.2, 0.25) is 5.95 Å². The topological polar surface area (TPSA) is 78.8 Å². The maximum absolute atomic E-state index is 13.0. The minimum Gasteiger partial charge on any atom is -0.497 e. The third kappa shape index (κ3) is 6.77. The molecular weight excluding hydrogens is 444 g/mol. The highest BCUT2D eigenvalue weighted by atomic mass is 19.4. The van der Waals surface area contributed by atoms with Crippen LogP contribution in [0.2, 0.25) is 0 Å². The lowest BCUT2D eigenvalue weighted by Crippen LogP contribution is -2.41. The standard InChI is InChI=1S/C20H25FN4O.C2HF3O2/c1-26-18-4-2-3-16(11-18)14-24-8-5-20(6-9-24)7-10-25(15-20)19-22-12-17(21)13-23-19;3-2(4,5)1(6)7/h2-4,11-13H,5-10,14-15H2,1H3;(H,6,7). The first kappa shape index (κ1) is 24.7. The van der Waals surface area contributed by atoms with Gasteiger partial charge in [0, 0.05) is 19.6 Å². The molecule has 3 heterocycles. The van der Waals surface area contributed by atoms with Crippen molar-refractivity contribution >= 4 is 11.9 Å². The fraction of sp³-hybridized carbons (Fsp3) is 0.500. The van der Waals surface area contributed by atoms with Gasteiger partial charge in [-0.15, -0.1) is 0 Å². The highest BCUT2D eigenvalue weighted by Crippen LogP contribution is 2.41. The average molecular weight is 470 g/mol. The second-order valence-electron chi connectivity index (χ2n) is 8.30. The van der Waals surface area contributed by atoms with Crippen molar-refractivity contribution in [3.05, 3.63) is 48.0 Å². The Morgan fingerprint density at radius 1 is 1.15 bits per heavy atom. The van der Waals surface area contributed by atoms with Gasteiger partial charge in [-0.25, -0.2) is 19.2 Å². The number of rotatable bonds is 4. The van der Waals surface area contributed by atoms with E-state index in [9.17, 15) is 17.6 Å². The first-order chi connectivity index (χ1) is 15.6. The summed E-state index contributed by atoms with van der Waals surface area (Å²) in [5.74, 6) is -1.56. The molecule has 4 rings (SSSR count). The van der Waals surface area contributed by atoms with Gasteiger partial charge in [-0.05, 0) is 55.5 Å². The van der Waals surface area contributed by atoms with Crippen LogP contribution < -0.4 is 9.64 Å². The van der Waals surface area contributed by atoms with E-state index in [1.54, 1.807) is 7.11 Å². The number of nitrogens with zero attached hydrogens (tertiary/aromatic N) is 4. The highest BCUT2D eigenvalue weighted by Gasteiger charge is 2.41.